The number of fused-ring (bicyclic) bond motifs is 2. The van der Waals surface area contributed by atoms with Crippen LogP contribution in [-0.4, -0.2) is 89.1 Å². The van der Waals surface area contributed by atoms with E-state index < -0.39 is 66.6 Å². The number of hydrogen-bond donors (Lipinski definition) is 4. The second-order valence-electron chi connectivity index (χ2n) is 19.7. The molecule has 56 heavy (non-hydrogen) atoms. The normalized spacial score (nSPS) is 29.9. The molecule has 4 unspecified atom stereocenters. The molecule has 12 nitrogen and oxygen atoms in total. The number of nitrogens with zero attached hydrogens (tertiary/aromatic N) is 1. The number of hydrogen-bond acceptors (Lipinski definition) is 7. The van der Waals surface area contributed by atoms with E-state index in [0.29, 0.717) is 57.5 Å². The zero-order valence-electron chi connectivity index (χ0n) is 34.3. The molecule has 0 radical (unpaired) electrons. The lowest BCUT2D eigenvalue weighted by Crippen LogP contribution is -2.65. The third kappa shape index (κ3) is 7.16. The molecule has 7 rings (SSSR count). The number of Topliss-reactive ketones (excluding diaryl/α,β-unsaturated/α-hetero) is 1. The summed E-state index contributed by atoms with van der Waals surface area (Å²) in [5, 5.41) is 11.2. The number of carbonyl (C=O) groups is 5. The lowest BCUT2D eigenvalue weighted by molar-refractivity contribution is -0.145. The van der Waals surface area contributed by atoms with Crippen LogP contribution in [0.4, 0.5) is 4.79 Å². The molecule has 5 amide bonds. The Balaban J connectivity index is 1.15. The molecule has 1 aromatic carbocycles. The van der Waals surface area contributed by atoms with Crippen molar-refractivity contribution in [2.24, 2.45) is 35.0 Å². The Kier molecular flexibility index (Phi) is 10.5. The molecular weight excluding hydrogens is 731 g/mol. The van der Waals surface area contributed by atoms with Crippen LogP contribution >= 0.6 is 0 Å². The number of urea groups is 1. The van der Waals surface area contributed by atoms with Gasteiger partial charge in [0.05, 0.1) is 15.5 Å². The predicted molar refractivity (Wildman–Crippen MR) is 213 cm³/mol. The van der Waals surface area contributed by atoms with Gasteiger partial charge in [-0.2, -0.15) is 0 Å². The summed E-state index contributed by atoms with van der Waals surface area (Å²) in [6.07, 6.45) is 7.68. The van der Waals surface area contributed by atoms with Crippen LogP contribution < -0.4 is 21.3 Å². The first-order valence-corrected chi connectivity index (χ1v) is 22.7. The lowest BCUT2D eigenvalue weighted by Gasteiger charge is -2.44. The molecule has 6 aliphatic rings. The van der Waals surface area contributed by atoms with Gasteiger partial charge >= 0.3 is 6.03 Å². The van der Waals surface area contributed by atoms with Crippen molar-refractivity contribution in [3.63, 3.8) is 0 Å². The maximum Gasteiger partial charge on any atom is 0.315 e. The third-order valence-electron chi connectivity index (χ3n) is 14.9. The van der Waals surface area contributed by atoms with E-state index in [0.717, 1.165) is 43.2 Å². The van der Waals surface area contributed by atoms with Gasteiger partial charge < -0.3 is 26.2 Å². The van der Waals surface area contributed by atoms with E-state index in [1.54, 1.807) is 32.6 Å². The molecule has 308 valence electrons. The van der Waals surface area contributed by atoms with E-state index in [9.17, 15) is 27.6 Å². The smallest absolute Gasteiger partial charge is 0.315 e. The van der Waals surface area contributed by atoms with Gasteiger partial charge in [-0.05, 0) is 119 Å². The highest BCUT2D eigenvalue weighted by molar-refractivity contribution is 7.93. The van der Waals surface area contributed by atoms with Crippen LogP contribution in [-0.2, 0) is 41.9 Å². The fraction of sp³-hybridized carbons (Fsp3) is 0.744. The van der Waals surface area contributed by atoms with Crippen LogP contribution in [0, 0.1) is 35.0 Å². The Hall–Kier alpha value is -3.48. The molecule has 4 N–H and O–H groups in total. The molecule has 5 fully saturated rings. The second kappa shape index (κ2) is 14.4. The number of rotatable bonds is 13. The van der Waals surface area contributed by atoms with Crippen LogP contribution in [0.3, 0.4) is 0 Å². The first-order valence-electron chi connectivity index (χ1n) is 21.1. The van der Waals surface area contributed by atoms with Gasteiger partial charge in [0.1, 0.15) is 17.6 Å². The average Bonchev–Trinajstić information content (AvgIpc) is 4.09. The van der Waals surface area contributed by atoms with Crippen molar-refractivity contribution in [2.45, 2.75) is 152 Å². The molecule has 1 aliphatic heterocycles. The standard InChI is InChI=1S/C43H63N5O7S/c1-8-30-22-43(30,35(49)37(51)44-23-26-16-17-26)46-36(50)34-32-31(41(32,6)7)24-48(34)38(52)33(29-20-27-14-10-11-15-28(27)21-29)45-39(53)47-42(18-12-9-13-19-42)25(2)56(54,55)40(3,4)5/h10-11,14-15,25-26,29-34H,8-9,12-13,16-24H2,1-7H3,(H,44,51)(H,46,50)(H2,45,47,53)/t25-,30?,31?,32?,33-,34+,43?/m1/s1. The average molecular weight is 794 g/mol. The van der Waals surface area contributed by atoms with Crippen molar-refractivity contribution >= 4 is 39.4 Å². The highest BCUT2D eigenvalue weighted by Crippen LogP contribution is 2.65. The number of sulfone groups is 1. The van der Waals surface area contributed by atoms with E-state index in [4.69, 9.17) is 0 Å². The highest BCUT2D eigenvalue weighted by atomic mass is 32.2. The van der Waals surface area contributed by atoms with Crippen LogP contribution in [0.1, 0.15) is 117 Å². The molecule has 0 aromatic heterocycles. The van der Waals surface area contributed by atoms with Gasteiger partial charge in [-0.15, -0.1) is 0 Å². The van der Waals surface area contributed by atoms with Gasteiger partial charge in [-0.25, -0.2) is 13.2 Å². The topological polar surface area (TPSA) is 171 Å². The Morgan fingerprint density at radius 3 is 2.12 bits per heavy atom. The Bertz CT molecular complexity index is 1850. The number of amides is 5. The largest absolute Gasteiger partial charge is 0.349 e. The van der Waals surface area contributed by atoms with Crippen molar-refractivity contribution < 1.29 is 32.4 Å². The van der Waals surface area contributed by atoms with E-state index in [1.165, 1.54) is 0 Å². The van der Waals surface area contributed by atoms with E-state index in [-0.39, 0.29) is 35.0 Å². The molecule has 7 atom stereocenters. The van der Waals surface area contributed by atoms with Crippen LogP contribution in [0.2, 0.25) is 0 Å². The van der Waals surface area contributed by atoms with Gasteiger partial charge in [0.25, 0.3) is 5.91 Å². The zero-order chi connectivity index (χ0) is 40.6. The molecule has 1 heterocycles. The number of nitrogens with one attached hydrogen (secondary N) is 4. The Morgan fingerprint density at radius 1 is 0.946 bits per heavy atom. The van der Waals surface area contributed by atoms with Crippen molar-refractivity contribution in [2.75, 3.05) is 13.1 Å². The number of carbonyl (C=O) groups excluding carboxylic acids is 5. The summed E-state index contributed by atoms with van der Waals surface area (Å²) in [7, 11) is -3.66. The van der Waals surface area contributed by atoms with E-state index in [2.05, 4.69) is 35.1 Å². The molecule has 1 aromatic rings. The predicted octanol–water partition coefficient (Wildman–Crippen LogP) is 4.24. The van der Waals surface area contributed by atoms with E-state index >= 15 is 4.79 Å². The minimum atomic E-state index is -3.66. The summed E-state index contributed by atoms with van der Waals surface area (Å²) < 4.78 is 26.6. The summed E-state index contributed by atoms with van der Waals surface area (Å²) in [5.74, 6) is -2.26. The maximum atomic E-state index is 15.1. The van der Waals surface area contributed by atoms with Gasteiger partial charge in [0.15, 0.2) is 9.84 Å². The van der Waals surface area contributed by atoms with Gasteiger partial charge in [0.2, 0.25) is 17.6 Å². The van der Waals surface area contributed by atoms with E-state index in [1.807, 2.05) is 31.2 Å². The van der Waals surface area contributed by atoms with Gasteiger partial charge in [0, 0.05) is 13.1 Å². The molecular formula is C43H63N5O7S. The van der Waals surface area contributed by atoms with Crippen molar-refractivity contribution in [1.29, 1.82) is 0 Å². The van der Waals surface area contributed by atoms with Gasteiger partial charge in [-0.1, -0.05) is 70.7 Å². The van der Waals surface area contributed by atoms with Crippen LogP contribution in [0.5, 0.6) is 0 Å². The monoisotopic (exact) mass is 793 g/mol. The van der Waals surface area contributed by atoms with Crippen molar-refractivity contribution in [1.82, 2.24) is 26.2 Å². The van der Waals surface area contributed by atoms with Crippen LogP contribution in [0.15, 0.2) is 24.3 Å². The number of benzene rings is 1. The first kappa shape index (κ1) is 40.7. The van der Waals surface area contributed by atoms with Crippen LogP contribution in [0.25, 0.3) is 0 Å². The van der Waals surface area contributed by atoms with Crippen molar-refractivity contribution in [3.05, 3.63) is 35.4 Å². The first-order chi connectivity index (χ1) is 26.3. The maximum absolute atomic E-state index is 15.1. The molecule has 4 saturated carbocycles. The summed E-state index contributed by atoms with van der Waals surface area (Å²) in [4.78, 5) is 72.3. The summed E-state index contributed by atoms with van der Waals surface area (Å²) >= 11 is 0. The molecule has 5 aliphatic carbocycles. The fourth-order valence-corrected chi connectivity index (χ4v) is 12.6. The van der Waals surface area contributed by atoms with Crippen molar-refractivity contribution in [3.8, 4) is 0 Å². The molecule has 1 saturated heterocycles. The Morgan fingerprint density at radius 2 is 1.57 bits per heavy atom. The Labute approximate surface area is 332 Å². The number of ketones is 1. The minimum Gasteiger partial charge on any atom is -0.349 e. The second-order valence-corrected chi connectivity index (χ2v) is 22.7. The fourth-order valence-electron chi connectivity index (χ4n) is 10.7. The minimum absolute atomic E-state index is 0.0566. The zero-order valence-corrected chi connectivity index (χ0v) is 35.2. The molecule has 0 spiro atoms. The van der Waals surface area contributed by atoms with Gasteiger partial charge in [-0.3, -0.25) is 19.2 Å². The summed E-state index contributed by atoms with van der Waals surface area (Å²) in [5.41, 5.74) is -0.309. The number of likely N-dealkylation sites (tertiary alicyclic amines) is 1. The summed E-state index contributed by atoms with van der Waals surface area (Å²) in [6, 6.07) is 5.53. The lowest BCUT2D eigenvalue weighted by atomic mass is 9.79. The SMILES string of the molecule is CCC1CC1(NC(=O)[C@@H]1C2C(CN1C(=O)[C@H](NC(=O)NC1([C@@H](C)S(=O)(=O)C(C)(C)C)CCCCC1)C1Cc3ccccc3C1)C2(C)C)C(=O)C(=O)NCC1CC1. The third-order valence-corrected chi connectivity index (χ3v) is 18.0. The highest BCUT2D eigenvalue weighted by Gasteiger charge is 2.71. The quantitative estimate of drug-likeness (QED) is 0.217. The summed E-state index contributed by atoms with van der Waals surface area (Å²) in [6.45, 7) is 13.7. The molecule has 0 bridgehead atoms. The molecule has 13 heteroatoms. The number of piperidine rings is 1.